The van der Waals surface area contributed by atoms with Crippen LogP contribution >= 0.6 is 0 Å². The molecule has 2 aromatic rings. The van der Waals surface area contributed by atoms with Gasteiger partial charge in [0.25, 0.3) is 5.79 Å². The van der Waals surface area contributed by atoms with Crippen molar-refractivity contribution in [3.05, 3.63) is 58.9 Å². The normalized spacial score (nSPS) is 19.0. The standard InChI is InChI=1S/C22H23NO4/c1-15-13-17(16(2)23(15)18-9-5-3-6-10-18)14-19-20(24)26-22(27-21(19)25)11-7-4-8-12-22/h3,5-6,9-10,13-14H,4,7-8,11-12H2,1-2H3. The van der Waals surface area contributed by atoms with Gasteiger partial charge >= 0.3 is 11.9 Å². The average Bonchev–Trinajstić information content (AvgIpc) is 2.93. The molecule has 5 nitrogen and oxygen atoms in total. The fraction of sp³-hybridized carbons (Fsp3) is 0.364. The molecular formula is C22H23NO4. The smallest absolute Gasteiger partial charge is 0.348 e. The summed E-state index contributed by atoms with van der Waals surface area (Å²) in [6.07, 6.45) is 5.63. The Hall–Kier alpha value is -2.82. The summed E-state index contributed by atoms with van der Waals surface area (Å²) in [5, 5.41) is 0. The van der Waals surface area contributed by atoms with Crippen molar-refractivity contribution in [2.24, 2.45) is 0 Å². The minimum atomic E-state index is -1.05. The summed E-state index contributed by atoms with van der Waals surface area (Å²) < 4.78 is 13.2. The van der Waals surface area contributed by atoms with Gasteiger partial charge in [-0.15, -0.1) is 0 Å². The number of carbonyl (C=O) groups excluding carboxylic acids is 2. The van der Waals surface area contributed by atoms with Gasteiger partial charge in [-0.05, 0) is 56.5 Å². The summed E-state index contributed by atoms with van der Waals surface area (Å²) in [6, 6.07) is 11.9. The number of ether oxygens (including phenoxy) is 2. The van der Waals surface area contributed by atoms with E-state index in [2.05, 4.69) is 4.57 Å². The molecule has 5 heteroatoms. The van der Waals surface area contributed by atoms with E-state index in [4.69, 9.17) is 9.47 Å². The molecule has 2 heterocycles. The van der Waals surface area contributed by atoms with Gasteiger partial charge < -0.3 is 14.0 Å². The Morgan fingerprint density at radius 1 is 0.963 bits per heavy atom. The first-order valence-corrected chi connectivity index (χ1v) is 9.42. The van der Waals surface area contributed by atoms with Gasteiger partial charge in [-0.1, -0.05) is 24.6 Å². The van der Waals surface area contributed by atoms with E-state index in [-0.39, 0.29) is 5.57 Å². The predicted octanol–water partition coefficient (Wildman–Crippen LogP) is 4.24. The van der Waals surface area contributed by atoms with Gasteiger partial charge in [0.05, 0.1) is 0 Å². The monoisotopic (exact) mass is 365 g/mol. The summed E-state index contributed by atoms with van der Waals surface area (Å²) in [4.78, 5) is 25.1. The van der Waals surface area contributed by atoms with Crippen molar-refractivity contribution in [3.8, 4) is 5.69 Å². The zero-order valence-electron chi connectivity index (χ0n) is 15.7. The number of aromatic nitrogens is 1. The molecule has 1 saturated carbocycles. The van der Waals surface area contributed by atoms with Gasteiger partial charge in [0.15, 0.2) is 0 Å². The van der Waals surface area contributed by atoms with Crippen molar-refractivity contribution in [2.45, 2.75) is 51.7 Å². The van der Waals surface area contributed by atoms with E-state index < -0.39 is 17.7 Å². The van der Waals surface area contributed by atoms with Gasteiger partial charge in [0.1, 0.15) is 5.57 Å². The Bertz CT molecular complexity index is 895. The molecule has 1 aromatic carbocycles. The molecule has 0 amide bonds. The maximum Gasteiger partial charge on any atom is 0.348 e. The molecule has 140 valence electrons. The number of aryl methyl sites for hydroxylation is 1. The molecule has 2 fully saturated rings. The first-order valence-electron chi connectivity index (χ1n) is 9.42. The molecule has 27 heavy (non-hydrogen) atoms. The molecule has 1 saturated heterocycles. The molecule has 1 spiro atoms. The van der Waals surface area contributed by atoms with Crippen molar-refractivity contribution >= 4 is 18.0 Å². The highest BCUT2D eigenvalue weighted by Gasteiger charge is 2.46. The lowest BCUT2D eigenvalue weighted by Crippen LogP contribution is -2.47. The number of nitrogens with zero attached hydrogens (tertiary/aromatic N) is 1. The molecule has 0 bridgehead atoms. The van der Waals surface area contributed by atoms with Gasteiger partial charge in [-0.2, -0.15) is 0 Å². The fourth-order valence-electron chi connectivity index (χ4n) is 4.03. The van der Waals surface area contributed by atoms with Gasteiger partial charge in [0.2, 0.25) is 0 Å². The van der Waals surface area contributed by atoms with Crippen molar-refractivity contribution in [3.63, 3.8) is 0 Å². The van der Waals surface area contributed by atoms with E-state index in [1.54, 1.807) is 6.08 Å². The molecule has 1 aromatic heterocycles. The van der Waals surface area contributed by atoms with Crippen LogP contribution < -0.4 is 0 Å². The summed E-state index contributed by atoms with van der Waals surface area (Å²) in [6.45, 7) is 3.96. The van der Waals surface area contributed by atoms with Gasteiger partial charge in [0, 0.05) is 29.9 Å². The van der Waals surface area contributed by atoms with Crippen LogP contribution in [0.5, 0.6) is 0 Å². The highest BCUT2D eigenvalue weighted by Crippen LogP contribution is 2.37. The number of benzene rings is 1. The Kier molecular flexibility index (Phi) is 4.38. The Balaban J connectivity index is 1.66. The molecular weight excluding hydrogens is 342 g/mol. The lowest BCUT2D eigenvalue weighted by molar-refractivity contribution is -0.244. The van der Waals surface area contributed by atoms with E-state index in [0.717, 1.165) is 41.9 Å². The maximum atomic E-state index is 12.6. The Morgan fingerprint density at radius 3 is 2.22 bits per heavy atom. The van der Waals surface area contributed by atoms with Crippen molar-refractivity contribution < 1.29 is 19.1 Å². The number of hydrogen-bond donors (Lipinski definition) is 0. The molecule has 1 aliphatic heterocycles. The first kappa shape index (κ1) is 17.6. The SMILES string of the molecule is Cc1cc(C=C2C(=O)OC3(CCCCC3)OC2=O)c(C)n1-c1ccccc1. The topological polar surface area (TPSA) is 57.5 Å². The second-order valence-electron chi connectivity index (χ2n) is 7.31. The minimum Gasteiger partial charge on any atom is -0.419 e. The maximum absolute atomic E-state index is 12.6. The van der Waals surface area contributed by atoms with Crippen LogP contribution in [0.1, 0.15) is 49.1 Å². The van der Waals surface area contributed by atoms with Crippen LogP contribution in [0.25, 0.3) is 11.8 Å². The highest BCUT2D eigenvalue weighted by atomic mass is 16.7. The third-order valence-corrected chi connectivity index (χ3v) is 5.40. The molecule has 2 aliphatic rings. The third kappa shape index (κ3) is 3.18. The number of hydrogen-bond acceptors (Lipinski definition) is 4. The Morgan fingerprint density at radius 2 is 1.59 bits per heavy atom. The molecule has 0 radical (unpaired) electrons. The molecule has 4 rings (SSSR count). The summed E-state index contributed by atoms with van der Waals surface area (Å²) >= 11 is 0. The van der Waals surface area contributed by atoms with Crippen LogP contribution in [-0.2, 0) is 19.1 Å². The zero-order valence-corrected chi connectivity index (χ0v) is 15.7. The van der Waals surface area contributed by atoms with Crippen LogP contribution in [0, 0.1) is 13.8 Å². The number of rotatable bonds is 2. The average molecular weight is 365 g/mol. The lowest BCUT2D eigenvalue weighted by atomic mass is 9.93. The van der Waals surface area contributed by atoms with Crippen LogP contribution in [0.3, 0.4) is 0 Å². The largest absolute Gasteiger partial charge is 0.419 e. The zero-order chi connectivity index (χ0) is 19.0. The van der Waals surface area contributed by atoms with E-state index >= 15 is 0 Å². The molecule has 0 unspecified atom stereocenters. The lowest BCUT2D eigenvalue weighted by Gasteiger charge is -2.38. The second kappa shape index (κ2) is 6.72. The summed E-state index contributed by atoms with van der Waals surface area (Å²) in [5.41, 5.74) is 3.77. The van der Waals surface area contributed by atoms with Gasteiger partial charge in [-0.25, -0.2) is 9.59 Å². The number of para-hydroxylation sites is 1. The summed E-state index contributed by atoms with van der Waals surface area (Å²) in [5.74, 6) is -2.22. The Labute approximate surface area is 158 Å². The van der Waals surface area contributed by atoms with Crippen molar-refractivity contribution in [1.29, 1.82) is 0 Å². The quantitative estimate of drug-likeness (QED) is 0.454. The number of esters is 2. The van der Waals surface area contributed by atoms with Crippen LogP contribution in [0.2, 0.25) is 0 Å². The van der Waals surface area contributed by atoms with E-state index in [9.17, 15) is 9.59 Å². The molecule has 1 aliphatic carbocycles. The van der Waals surface area contributed by atoms with Crippen LogP contribution in [0.15, 0.2) is 42.0 Å². The predicted molar refractivity (Wildman–Crippen MR) is 101 cm³/mol. The van der Waals surface area contributed by atoms with E-state index in [0.29, 0.717) is 12.8 Å². The van der Waals surface area contributed by atoms with E-state index in [1.165, 1.54) is 0 Å². The van der Waals surface area contributed by atoms with Crippen LogP contribution in [-0.4, -0.2) is 22.3 Å². The summed E-state index contributed by atoms with van der Waals surface area (Å²) in [7, 11) is 0. The second-order valence-corrected chi connectivity index (χ2v) is 7.31. The van der Waals surface area contributed by atoms with Crippen LogP contribution in [0.4, 0.5) is 0 Å². The molecule has 0 atom stereocenters. The minimum absolute atomic E-state index is 0.0421. The van der Waals surface area contributed by atoms with Crippen molar-refractivity contribution in [2.75, 3.05) is 0 Å². The third-order valence-electron chi connectivity index (χ3n) is 5.40. The first-order chi connectivity index (χ1) is 13.0. The fourth-order valence-corrected chi connectivity index (χ4v) is 4.03. The molecule has 0 N–H and O–H groups in total. The highest BCUT2D eigenvalue weighted by molar-refractivity contribution is 6.19. The van der Waals surface area contributed by atoms with E-state index in [1.807, 2.05) is 50.2 Å². The number of carbonyl (C=O) groups is 2. The van der Waals surface area contributed by atoms with Gasteiger partial charge in [-0.3, -0.25) is 0 Å². The van der Waals surface area contributed by atoms with Crippen molar-refractivity contribution in [1.82, 2.24) is 4.57 Å².